The van der Waals surface area contributed by atoms with Crippen LogP contribution in [0.2, 0.25) is 0 Å². The van der Waals surface area contributed by atoms with Crippen LogP contribution in [-0.4, -0.2) is 18.5 Å². The molecule has 0 saturated heterocycles. The predicted molar refractivity (Wildman–Crippen MR) is 82.1 cm³/mol. The molecule has 1 fully saturated rings. The Morgan fingerprint density at radius 1 is 1.45 bits per heavy atom. The summed E-state index contributed by atoms with van der Waals surface area (Å²) in [6, 6.07) is 6.36. The van der Waals surface area contributed by atoms with E-state index in [1.54, 1.807) is 0 Å². The smallest absolute Gasteiger partial charge is 0.251 e. The number of carbonyl (C=O) groups excluding carboxylic acids is 1. The van der Waals surface area contributed by atoms with E-state index in [9.17, 15) is 4.79 Å². The Balaban J connectivity index is 1.72. The number of amides is 1. The number of hydrogen-bond donors (Lipinski definition) is 2. The number of rotatable bonds is 5. The quantitative estimate of drug-likeness (QED) is 0.863. The summed E-state index contributed by atoms with van der Waals surface area (Å²) in [6.45, 7) is 3.17. The molecule has 0 spiro atoms. The highest BCUT2D eigenvalue weighted by molar-refractivity contribution is 5.97. The third-order valence-corrected chi connectivity index (χ3v) is 4.48. The topological polar surface area (TPSA) is 41.1 Å². The van der Waals surface area contributed by atoms with Crippen molar-refractivity contribution in [3.05, 3.63) is 29.3 Å². The van der Waals surface area contributed by atoms with E-state index in [4.69, 9.17) is 0 Å². The average Bonchev–Trinajstić information content (AvgIpc) is 3.29. The molecule has 1 amide bonds. The van der Waals surface area contributed by atoms with Crippen LogP contribution in [0, 0.1) is 5.92 Å². The molecular formula is C17H24N2O. The Morgan fingerprint density at radius 3 is 3.05 bits per heavy atom. The molecule has 3 nitrogen and oxygen atoms in total. The molecule has 1 heterocycles. The third kappa shape index (κ3) is 2.97. The fourth-order valence-corrected chi connectivity index (χ4v) is 3.07. The first kappa shape index (κ1) is 13.5. The molecule has 1 unspecified atom stereocenters. The molecular weight excluding hydrogens is 248 g/mol. The molecule has 0 radical (unpaired) electrons. The molecule has 1 aliphatic heterocycles. The van der Waals surface area contributed by atoms with Crippen LogP contribution < -0.4 is 10.6 Å². The van der Waals surface area contributed by atoms with Gasteiger partial charge in [0.15, 0.2) is 0 Å². The van der Waals surface area contributed by atoms with Crippen LogP contribution in [0.4, 0.5) is 5.69 Å². The second-order valence-electron chi connectivity index (χ2n) is 6.12. The van der Waals surface area contributed by atoms with Crippen molar-refractivity contribution in [1.82, 2.24) is 5.32 Å². The molecule has 108 valence electrons. The maximum atomic E-state index is 12.5. The minimum Gasteiger partial charge on any atom is -0.385 e. The first-order valence-corrected chi connectivity index (χ1v) is 7.94. The fraction of sp³-hybridized carbons (Fsp3) is 0.588. The van der Waals surface area contributed by atoms with Crippen molar-refractivity contribution in [3.63, 3.8) is 0 Å². The number of nitrogens with one attached hydrogen (secondary N) is 2. The van der Waals surface area contributed by atoms with E-state index in [2.05, 4.69) is 23.6 Å². The van der Waals surface area contributed by atoms with Crippen LogP contribution in [0.3, 0.4) is 0 Å². The highest BCUT2D eigenvalue weighted by atomic mass is 16.1. The predicted octanol–water partition coefficient (Wildman–Crippen LogP) is 3.35. The van der Waals surface area contributed by atoms with Gasteiger partial charge in [0, 0.05) is 23.8 Å². The summed E-state index contributed by atoms with van der Waals surface area (Å²) in [5, 5.41) is 6.63. The van der Waals surface area contributed by atoms with Gasteiger partial charge in [-0.2, -0.15) is 0 Å². The van der Waals surface area contributed by atoms with Crippen molar-refractivity contribution >= 4 is 11.6 Å². The number of benzene rings is 1. The monoisotopic (exact) mass is 272 g/mol. The second kappa shape index (κ2) is 5.86. The molecule has 1 aromatic carbocycles. The van der Waals surface area contributed by atoms with Gasteiger partial charge in [-0.05, 0) is 49.3 Å². The van der Waals surface area contributed by atoms with Crippen molar-refractivity contribution in [2.24, 2.45) is 5.92 Å². The molecule has 3 rings (SSSR count). The van der Waals surface area contributed by atoms with E-state index in [1.165, 1.54) is 18.4 Å². The Bertz CT molecular complexity index is 494. The molecule has 1 aliphatic carbocycles. The largest absolute Gasteiger partial charge is 0.385 e. The van der Waals surface area contributed by atoms with Gasteiger partial charge in [-0.25, -0.2) is 0 Å². The summed E-state index contributed by atoms with van der Waals surface area (Å²) >= 11 is 0. The summed E-state index contributed by atoms with van der Waals surface area (Å²) in [5.41, 5.74) is 3.20. The molecule has 0 aromatic heterocycles. The zero-order chi connectivity index (χ0) is 13.9. The molecule has 3 heteroatoms. The zero-order valence-corrected chi connectivity index (χ0v) is 12.2. The number of carbonyl (C=O) groups is 1. The van der Waals surface area contributed by atoms with Gasteiger partial charge in [-0.15, -0.1) is 0 Å². The Kier molecular flexibility index (Phi) is 3.95. The SMILES string of the molecule is CCC(CC1CC1)NC(=O)c1cccc2c1CCCN2. The summed E-state index contributed by atoms with van der Waals surface area (Å²) in [6.07, 6.45) is 6.97. The first-order valence-electron chi connectivity index (χ1n) is 7.94. The highest BCUT2D eigenvalue weighted by Gasteiger charge is 2.26. The van der Waals surface area contributed by atoms with Gasteiger partial charge >= 0.3 is 0 Å². The Labute approximate surface area is 121 Å². The van der Waals surface area contributed by atoms with Gasteiger partial charge in [0.25, 0.3) is 5.91 Å². The molecule has 2 N–H and O–H groups in total. The molecule has 20 heavy (non-hydrogen) atoms. The van der Waals surface area contributed by atoms with E-state index in [-0.39, 0.29) is 5.91 Å². The maximum Gasteiger partial charge on any atom is 0.251 e. The van der Waals surface area contributed by atoms with E-state index in [0.717, 1.165) is 49.4 Å². The minimum atomic E-state index is 0.109. The molecule has 1 saturated carbocycles. The number of anilines is 1. The number of fused-ring (bicyclic) bond motifs is 1. The lowest BCUT2D eigenvalue weighted by Crippen LogP contribution is -2.35. The molecule has 1 atom stereocenters. The fourth-order valence-electron chi connectivity index (χ4n) is 3.07. The van der Waals surface area contributed by atoms with Crippen LogP contribution in [0.25, 0.3) is 0 Å². The maximum absolute atomic E-state index is 12.5. The average molecular weight is 272 g/mol. The summed E-state index contributed by atoms with van der Waals surface area (Å²) in [7, 11) is 0. The van der Waals surface area contributed by atoms with Crippen molar-refractivity contribution in [2.45, 2.75) is 51.5 Å². The van der Waals surface area contributed by atoms with Crippen molar-refractivity contribution < 1.29 is 4.79 Å². The van der Waals surface area contributed by atoms with Crippen molar-refractivity contribution in [2.75, 3.05) is 11.9 Å². The van der Waals surface area contributed by atoms with E-state index < -0.39 is 0 Å². The Morgan fingerprint density at radius 2 is 2.30 bits per heavy atom. The lowest BCUT2D eigenvalue weighted by molar-refractivity contribution is 0.0931. The lowest BCUT2D eigenvalue weighted by Gasteiger charge is -2.22. The lowest BCUT2D eigenvalue weighted by atomic mass is 9.96. The van der Waals surface area contributed by atoms with Gasteiger partial charge in [0.2, 0.25) is 0 Å². The minimum absolute atomic E-state index is 0.109. The summed E-state index contributed by atoms with van der Waals surface area (Å²) in [5.74, 6) is 0.963. The molecule has 2 aliphatic rings. The first-order chi connectivity index (χ1) is 9.78. The third-order valence-electron chi connectivity index (χ3n) is 4.48. The van der Waals surface area contributed by atoms with Crippen LogP contribution >= 0.6 is 0 Å². The van der Waals surface area contributed by atoms with Gasteiger partial charge < -0.3 is 10.6 Å². The molecule has 0 bridgehead atoms. The van der Waals surface area contributed by atoms with Gasteiger partial charge in [-0.1, -0.05) is 25.8 Å². The van der Waals surface area contributed by atoms with Gasteiger partial charge in [-0.3, -0.25) is 4.79 Å². The zero-order valence-electron chi connectivity index (χ0n) is 12.2. The Hall–Kier alpha value is -1.51. The van der Waals surface area contributed by atoms with Crippen LogP contribution in [0.15, 0.2) is 18.2 Å². The van der Waals surface area contributed by atoms with E-state index >= 15 is 0 Å². The normalized spacial score (nSPS) is 18.9. The van der Waals surface area contributed by atoms with E-state index in [1.807, 2.05) is 12.1 Å². The second-order valence-corrected chi connectivity index (χ2v) is 6.12. The van der Waals surface area contributed by atoms with Crippen LogP contribution in [0.5, 0.6) is 0 Å². The van der Waals surface area contributed by atoms with E-state index in [0.29, 0.717) is 6.04 Å². The summed E-state index contributed by atoms with van der Waals surface area (Å²) < 4.78 is 0. The molecule has 1 aromatic rings. The van der Waals surface area contributed by atoms with Crippen molar-refractivity contribution in [3.8, 4) is 0 Å². The number of hydrogen-bond acceptors (Lipinski definition) is 2. The van der Waals surface area contributed by atoms with Crippen LogP contribution in [0.1, 0.15) is 54.9 Å². The van der Waals surface area contributed by atoms with Crippen molar-refractivity contribution in [1.29, 1.82) is 0 Å². The van der Waals surface area contributed by atoms with Gasteiger partial charge in [0.05, 0.1) is 0 Å². The van der Waals surface area contributed by atoms with Crippen LogP contribution in [-0.2, 0) is 6.42 Å². The van der Waals surface area contributed by atoms with Gasteiger partial charge in [0.1, 0.15) is 0 Å². The standard InChI is InChI=1S/C17H24N2O/c1-2-13(11-12-8-9-12)19-17(20)15-5-3-7-16-14(15)6-4-10-18-16/h3,5,7,12-13,18H,2,4,6,8-11H2,1H3,(H,19,20). The highest BCUT2D eigenvalue weighted by Crippen LogP contribution is 2.34. The summed E-state index contributed by atoms with van der Waals surface area (Å²) in [4.78, 5) is 12.5.